The van der Waals surface area contributed by atoms with Gasteiger partial charge in [0.25, 0.3) is 0 Å². The van der Waals surface area contributed by atoms with Gasteiger partial charge in [-0.1, -0.05) is 20.8 Å². The summed E-state index contributed by atoms with van der Waals surface area (Å²) in [5.41, 5.74) is -0.321. The van der Waals surface area contributed by atoms with Gasteiger partial charge in [-0.15, -0.1) is 0 Å². The summed E-state index contributed by atoms with van der Waals surface area (Å²) in [7, 11) is 1.77. The summed E-state index contributed by atoms with van der Waals surface area (Å²) in [6.07, 6.45) is 1.21. The van der Waals surface area contributed by atoms with E-state index in [1.165, 1.54) is 0 Å². The lowest BCUT2D eigenvalue weighted by atomic mass is 9.88. The third-order valence-electron chi connectivity index (χ3n) is 2.83. The largest absolute Gasteiger partial charge is 0.342 e. The Balaban J connectivity index is 4.48. The van der Waals surface area contributed by atoms with Crippen LogP contribution < -0.4 is 0 Å². The first-order valence-corrected chi connectivity index (χ1v) is 5.01. The number of carbonyl (C=O) groups is 1. The van der Waals surface area contributed by atoms with E-state index in [4.69, 9.17) is 5.26 Å². The Morgan fingerprint density at radius 1 is 1.57 bits per heavy atom. The molecule has 0 fully saturated rings. The second-order valence-corrected chi connectivity index (χ2v) is 4.36. The standard InChI is InChI=1S/C11H20N2O/c1-6-11(3,4)10(14)13(5)9(2)7-8-12/h9H,6-7H2,1-5H3. The molecule has 0 aliphatic rings. The van der Waals surface area contributed by atoms with Crippen LogP contribution in [0, 0.1) is 16.7 Å². The van der Waals surface area contributed by atoms with Crippen molar-refractivity contribution >= 4 is 5.91 Å². The van der Waals surface area contributed by atoms with E-state index in [9.17, 15) is 4.79 Å². The third kappa shape index (κ3) is 3.02. The lowest BCUT2D eigenvalue weighted by Crippen LogP contribution is -2.42. The number of hydrogen-bond acceptors (Lipinski definition) is 2. The number of nitrogens with zero attached hydrogens (tertiary/aromatic N) is 2. The zero-order valence-corrected chi connectivity index (χ0v) is 9.79. The van der Waals surface area contributed by atoms with Crippen molar-refractivity contribution in [1.82, 2.24) is 4.90 Å². The molecule has 0 spiro atoms. The van der Waals surface area contributed by atoms with Crippen LogP contribution in [0.3, 0.4) is 0 Å². The minimum Gasteiger partial charge on any atom is -0.342 e. The molecule has 0 aromatic heterocycles. The predicted octanol–water partition coefficient (Wildman–Crippen LogP) is 2.18. The average molecular weight is 196 g/mol. The van der Waals surface area contributed by atoms with Crippen LogP contribution in [-0.2, 0) is 4.79 Å². The summed E-state index contributed by atoms with van der Waals surface area (Å²) in [5, 5.41) is 8.54. The van der Waals surface area contributed by atoms with E-state index in [0.717, 1.165) is 6.42 Å². The number of rotatable bonds is 4. The van der Waals surface area contributed by atoms with Gasteiger partial charge in [0, 0.05) is 18.5 Å². The van der Waals surface area contributed by atoms with Crippen LogP contribution >= 0.6 is 0 Å². The summed E-state index contributed by atoms with van der Waals surface area (Å²) in [6.45, 7) is 7.77. The van der Waals surface area contributed by atoms with E-state index in [1.807, 2.05) is 27.7 Å². The van der Waals surface area contributed by atoms with Crippen LogP contribution in [0.5, 0.6) is 0 Å². The molecule has 0 rings (SSSR count). The van der Waals surface area contributed by atoms with Crippen molar-refractivity contribution in [3.8, 4) is 6.07 Å². The maximum absolute atomic E-state index is 11.9. The number of amides is 1. The Kier molecular flexibility index (Phi) is 4.62. The SMILES string of the molecule is CCC(C)(C)C(=O)N(C)C(C)CC#N. The first-order valence-electron chi connectivity index (χ1n) is 5.01. The van der Waals surface area contributed by atoms with E-state index in [-0.39, 0.29) is 17.4 Å². The lowest BCUT2D eigenvalue weighted by molar-refractivity contribution is -0.140. The molecule has 1 unspecified atom stereocenters. The number of hydrogen-bond donors (Lipinski definition) is 0. The Hall–Kier alpha value is -1.04. The summed E-state index contributed by atoms with van der Waals surface area (Å²) in [5.74, 6) is 0.114. The molecule has 0 N–H and O–H groups in total. The molecule has 3 nitrogen and oxygen atoms in total. The highest BCUT2D eigenvalue weighted by Gasteiger charge is 2.30. The number of nitriles is 1. The van der Waals surface area contributed by atoms with Gasteiger partial charge in [0.2, 0.25) is 5.91 Å². The van der Waals surface area contributed by atoms with Gasteiger partial charge in [-0.3, -0.25) is 4.79 Å². The highest BCUT2D eigenvalue weighted by atomic mass is 16.2. The van der Waals surface area contributed by atoms with Crippen LogP contribution in [0.4, 0.5) is 0 Å². The molecule has 0 aromatic rings. The van der Waals surface area contributed by atoms with E-state index in [2.05, 4.69) is 6.07 Å². The monoisotopic (exact) mass is 196 g/mol. The van der Waals surface area contributed by atoms with E-state index < -0.39 is 0 Å². The van der Waals surface area contributed by atoms with Gasteiger partial charge in [0.1, 0.15) is 0 Å². The fourth-order valence-corrected chi connectivity index (χ4v) is 1.10. The molecule has 0 heterocycles. The minimum atomic E-state index is -0.321. The Bertz CT molecular complexity index is 240. The summed E-state index contributed by atoms with van der Waals surface area (Å²) in [4.78, 5) is 13.6. The van der Waals surface area contributed by atoms with Gasteiger partial charge >= 0.3 is 0 Å². The van der Waals surface area contributed by atoms with E-state index >= 15 is 0 Å². The van der Waals surface area contributed by atoms with Crippen molar-refractivity contribution in [2.45, 2.75) is 46.6 Å². The summed E-state index contributed by atoms with van der Waals surface area (Å²) in [6, 6.07) is 2.08. The van der Waals surface area contributed by atoms with Crippen LogP contribution in [0.1, 0.15) is 40.5 Å². The first kappa shape index (κ1) is 13.0. The summed E-state index contributed by atoms with van der Waals surface area (Å²) >= 11 is 0. The molecular weight excluding hydrogens is 176 g/mol. The maximum Gasteiger partial charge on any atom is 0.228 e. The smallest absolute Gasteiger partial charge is 0.228 e. The van der Waals surface area contributed by atoms with Crippen LogP contribution in [0.25, 0.3) is 0 Å². The van der Waals surface area contributed by atoms with Crippen molar-refractivity contribution in [2.75, 3.05) is 7.05 Å². The second-order valence-electron chi connectivity index (χ2n) is 4.36. The second kappa shape index (κ2) is 4.99. The minimum absolute atomic E-state index is 0.00155. The van der Waals surface area contributed by atoms with E-state index in [0.29, 0.717) is 6.42 Å². The quantitative estimate of drug-likeness (QED) is 0.691. The normalized spacial score (nSPS) is 13.1. The molecule has 0 saturated carbocycles. The molecule has 1 amide bonds. The summed E-state index contributed by atoms with van der Waals surface area (Å²) < 4.78 is 0. The predicted molar refractivity (Wildman–Crippen MR) is 56.5 cm³/mol. The zero-order valence-electron chi connectivity index (χ0n) is 9.79. The van der Waals surface area contributed by atoms with Crippen molar-refractivity contribution in [3.63, 3.8) is 0 Å². The van der Waals surface area contributed by atoms with Crippen molar-refractivity contribution in [2.24, 2.45) is 5.41 Å². The van der Waals surface area contributed by atoms with Gasteiger partial charge in [-0.05, 0) is 13.3 Å². The van der Waals surface area contributed by atoms with Gasteiger partial charge in [-0.2, -0.15) is 5.26 Å². The molecule has 0 aliphatic carbocycles. The Morgan fingerprint density at radius 2 is 2.07 bits per heavy atom. The van der Waals surface area contributed by atoms with Crippen molar-refractivity contribution in [1.29, 1.82) is 5.26 Å². The fraction of sp³-hybridized carbons (Fsp3) is 0.818. The fourth-order valence-electron chi connectivity index (χ4n) is 1.10. The molecule has 0 bridgehead atoms. The molecular formula is C11H20N2O. The van der Waals surface area contributed by atoms with Gasteiger partial charge in [0.15, 0.2) is 0 Å². The van der Waals surface area contributed by atoms with Crippen LogP contribution in [0.2, 0.25) is 0 Å². The van der Waals surface area contributed by atoms with Gasteiger partial charge < -0.3 is 4.90 Å². The van der Waals surface area contributed by atoms with Crippen molar-refractivity contribution < 1.29 is 4.79 Å². The molecule has 0 aliphatic heterocycles. The lowest BCUT2D eigenvalue weighted by Gasteiger charge is -2.31. The van der Waals surface area contributed by atoms with Crippen LogP contribution in [-0.4, -0.2) is 23.9 Å². The Labute approximate surface area is 86.7 Å². The molecule has 80 valence electrons. The molecule has 0 saturated heterocycles. The highest BCUT2D eigenvalue weighted by Crippen LogP contribution is 2.23. The van der Waals surface area contributed by atoms with Gasteiger partial charge in [-0.25, -0.2) is 0 Å². The average Bonchev–Trinajstić information content (AvgIpc) is 2.15. The molecule has 3 heteroatoms. The van der Waals surface area contributed by atoms with Crippen molar-refractivity contribution in [3.05, 3.63) is 0 Å². The first-order chi connectivity index (χ1) is 6.36. The van der Waals surface area contributed by atoms with Crippen LogP contribution in [0.15, 0.2) is 0 Å². The van der Waals surface area contributed by atoms with E-state index in [1.54, 1.807) is 11.9 Å². The molecule has 0 aromatic carbocycles. The maximum atomic E-state index is 11.9. The molecule has 1 atom stereocenters. The number of carbonyl (C=O) groups excluding carboxylic acids is 1. The molecule has 14 heavy (non-hydrogen) atoms. The van der Waals surface area contributed by atoms with Gasteiger partial charge in [0.05, 0.1) is 12.5 Å². The zero-order chi connectivity index (χ0) is 11.4. The highest BCUT2D eigenvalue weighted by molar-refractivity contribution is 5.81. The third-order valence-corrected chi connectivity index (χ3v) is 2.83. The molecule has 0 radical (unpaired) electrons. The topological polar surface area (TPSA) is 44.1 Å². The Morgan fingerprint density at radius 3 is 2.43 bits per heavy atom.